The number of carbonyl (C=O) groups excluding carboxylic acids is 1. The second-order valence-electron chi connectivity index (χ2n) is 7.97. The Balaban J connectivity index is 1.56. The van der Waals surface area contributed by atoms with Crippen LogP contribution in [0.2, 0.25) is 5.02 Å². The number of benzene rings is 3. The average molecular weight is 583 g/mol. The number of ether oxygens (including phenoxy) is 2. The molecule has 0 bridgehead atoms. The molecule has 0 radical (unpaired) electrons. The molecular weight excluding hydrogens is 562 g/mol. The van der Waals surface area contributed by atoms with E-state index in [1.165, 1.54) is 18.9 Å². The highest BCUT2D eigenvalue weighted by Crippen LogP contribution is 2.39. The maximum atomic E-state index is 12.6. The third-order valence-corrected chi connectivity index (χ3v) is 7.80. The van der Waals surface area contributed by atoms with Crippen molar-refractivity contribution in [3.63, 3.8) is 0 Å². The summed E-state index contributed by atoms with van der Waals surface area (Å²) in [7, 11) is 1.52. The molecule has 4 rings (SSSR count). The molecule has 1 heterocycles. The predicted octanol–water partition coefficient (Wildman–Crippen LogP) is 7.07. The van der Waals surface area contributed by atoms with E-state index in [1.54, 1.807) is 30.3 Å². The Morgan fingerprint density at radius 2 is 1.92 bits per heavy atom. The van der Waals surface area contributed by atoms with E-state index >= 15 is 0 Å². The van der Waals surface area contributed by atoms with Gasteiger partial charge in [-0.3, -0.25) is 4.79 Å². The van der Waals surface area contributed by atoms with Crippen LogP contribution >= 0.6 is 39.3 Å². The van der Waals surface area contributed by atoms with Gasteiger partial charge in [-0.1, -0.05) is 45.7 Å². The SMILES string of the molecule is COc1cc(/C=C2\SC(=Nc3cc(C)c(Br)c(C)c3)NC2=O)cc(Cl)c1OCc1ccccc1C#N. The van der Waals surface area contributed by atoms with E-state index in [4.69, 9.17) is 21.1 Å². The van der Waals surface area contributed by atoms with Gasteiger partial charge in [-0.15, -0.1) is 0 Å². The zero-order valence-corrected chi connectivity index (χ0v) is 22.8. The van der Waals surface area contributed by atoms with E-state index < -0.39 is 0 Å². The van der Waals surface area contributed by atoms with Crippen molar-refractivity contribution in [2.45, 2.75) is 20.5 Å². The van der Waals surface area contributed by atoms with E-state index in [2.05, 4.69) is 32.3 Å². The number of halogens is 2. The largest absolute Gasteiger partial charge is 0.493 e. The number of rotatable bonds is 6. The Labute approximate surface area is 227 Å². The number of thioether (sulfide) groups is 1. The molecule has 1 aliphatic rings. The minimum Gasteiger partial charge on any atom is -0.493 e. The Bertz CT molecular complexity index is 1440. The van der Waals surface area contributed by atoms with Gasteiger partial charge in [0.25, 0.3) is 5.91 Å². The van der Waals surface area contributed by atoms with Gasteiger partial charge in [-0.2, -0.15) is 5.26 Å². The number of aliphatic imine (C=N–C) groups is 1. The molecule has 1 amide bonds. The van der Waals surface area contributed by atoms with Gasteiger partial charge < -0.3 is 14.8 Å². The zero-order valence-electron chi connectivity index (χ0n) is 19.7. The Morgan fingerprint density at radius 1 is 1.19 bits per heavy atom. The second-order valence-corrected chi connectivity index (χ2v) is 10.2. The van der Waals surface area contributed by atoms with E-state index in [0.717, 1.165) is 26.9 Å². The number of aryl methyl sites for hydroxylation is 2. The summed E-state index contributed by atoms with van der Waals surface area (Å²) < 4.78 is 12.4. The fraction of sp³-hybridized carbons (Fsp3) is 0.148. The molecule has 0 spiro atoms. The summed E-state index contributed by atoms with van der Waals surface area (Å²) in [6.07, 6.45) is 1.73. The van der Waals surface area contributed by atoms with Gasteiger partial charge in [0.2, 0.25) is 0 Å². The van der Waals surface area contributed by atoms with Crippen LogP contribution < -0.4 is 14.8 Å². The van der Waals surface area contributed by atoms with Crippen molar-refractivity contribution < 1.29 is 14.3 Å². The van der Waals surface area contributed by atoms with Crippen molar-refractivity contribution in [2.24, 2.45) is 4.99 Å². The van der Waals surface area contributed by atoms with Crippen LogP contribution in [0.5, 0.6) is 11.5 Å². The third-order valence-electron chi connectivity index (χ3n) is 5.36. The number of methoxy groups -OCH3 is 1. The van der Waals surface area contributed by atoms with Crippen molar-refractivity contribution in [1.82, 2.24) is 5.32 Å². The molecule has 1 aliphatic heterocycles. The van der Waals surface area contributed by atoms with Gasteiger partial charge in [0.05, 0.1) is 34.4 Å². The third kappa shape index (κ3) is 5.76. The van der Waals surface area contributed by atoms with Crippen molar-refractivity contribution in [2.75, 3.05) is 7.11 Å². The van der Waals surface area contributed by atoms with E-state index in [1.807, 2.05) is 38.1 Å². The molecule has 3 aromatic rings. The predicted molar refractivity (Wildman–Crippen MR) is 148 cm³/mol. The molecule has 0 unspecified atom stereocenters. The first-order valence-electron chi connectivity index (χ1n) is 10.8. The molecule has 1 saturated heterocycles. The van der Waals surface area contributed by atoms with Crippen LogP contribution in [-0.4, -0.2) is 18.2 Å². The minimum absolute atomic E-state index is 0.160. The molecule has 1 N–H and O–H groups in total. The van der Waals surface area contributed by atoms with E-state index in [-0.39, 0.29) is 12.5 Å². The normalized spacial score (nSPS) is 15.2. The lowest BCUT2D eigenvalue weighted by Gasteiger charge is -2.14. The summed E-state index contributed by atoms with van der Waals surface area (Å²) >= 11 is 11.3. The molecule has 3 aromatic carbocycles. The lowest BCUT2D eigenvalue weighted by Crippen LogP contribution is -2.19. The van der Waals surface area contributed by atoms with Crippen LogP contribution in [0.1, 0.15) is 27.8 Å². The summed E-state index contributed by atoms with van der Waals surface area (Å²) in [4.78, 5) is 17.7. The van der Waals surface area contributed by atoms with Crippen LogP contribution in [0.3, 0.4) is 0 Å². The number of amidine groups is 1. The highest BCUT2D eigenvalue weighted by molar-refractivity contribution is 9.10. The summed E-state index contributed by atoms with van der Waals surface area (Å²) in [5.41, 5.74) is 4.85. The molecule has 0 atom stereocenters. The quantitative estimate of drug-likeness (QED) is 0.314. The summed E-state index contributed by atoms with van der Waals surface area (Å²) in [5, 5.41) is 12.9. The molecule has 9 heteroatoms. The molecule has 182 valence electrons. The van der Waals surface area contributed by atoms with Gasteiger partial charge in [0.1, 0.15) is 6.61 Å². The molecule has 0 aliphatic carbocycles. The van der Waals surface area contributed by atoms with Gasteiger partial charge in [0.15, 0.2) is 16.7 Å². The van der Waals surface area contributed by atoms with Gasteiger partial charge in [-0.05, 0) is 78.7 Å². The first kappa shape index (κ1) is 25.8. The van der Waals surface area contributed by atoms with Crippen LogP contribution in [0.25, 0.3) is 6.08 Å². The number of nitrogens with one attached hydrogen (secondary N) is 1. The highest BCUT2D eigenvalue weighted by Gasteiger charge is 2.24. The Kier molecular flexibility index (Phi) is 8.04. The number of amides is 1. The van der Waals surface area contributed by atoms with Gasteiger partial charge in [0, 0.05) is 10.0 Å². The molecule has 36 heavy (non-hydrogen) atoms. The minimum atomic E-state index is -0.243. The Morgan fingerprint density at radius 3 is 2.61 bits per heavy atom. The topological polar surface area (TPSA) is 83.7 Å². The molecule has 6 nitrogen and oxygen atoms in total. The summed E-state index contributed by atoms with van der Waals surface area (Å²) in [5.74, 6) is 0.538. The van der Waals surface area contributed by atoms with E-state index in [0.29, 0.717) is 37.7 Å². The first-order chi connectivity index (χ1) is 17.3. The molecular formula is C27H21BrClN3O3S. The van der Waals surface area contributed by atoms with Crippen LogP contribution in [-0.2, 0) is 11.4 Å². The van der Waals surface area contributed by atoms with Crippen molar-refractivity contribution in [3.8, 4) is 17.6 Å². The fourth-order valence-electron chi connectivity index (χ4n) is 3.61. The van der Waals surface area contributed by atoms with Crippen molar-refractivity contribution in [1.29, 1.82) is 5.26 Å². The van der Waals surface area contributed by atoms with Crippen LogP contribution in [0.4, 0.5) is 5.69 Å². The zero-order chi connectivity index (χ0) is 25.8. The standard InChI is InChI=1S/C27H21BrClN3O3S/c1-15-8-20(9-16(2)24(15)28)31-27-32-26(33)23(36-27)12-17-10-21(29)25(22(11-17)34-3)35-14-19-7-5-4-6-18(19)13-30/h4-12H,14H2,1-3H3,(H,31,32,33)/b23-12-. The maximum Gasteiger partial charge on any atom is 0.264 e. The molecule has 0 saturated carbocycles. The van der Waals surface area contributed by atoms with Gasteiger partial charge in [-0.25, -0.2) is 4.99 Å². The monoisotopic (exact) mass is 581 g/mol. The average Bonchev–Trinajstić information content (AvgIpc) is 3.19. The number of nitrogens with zero attached hydrogens (tertiary/aromatic N) is 2. The number of hydrogen-bond donors (Lipinski definition) is 1. The van der Waals surface area contributed by atoms with Crippen LogP contribution in [0, 0.1) is 25.2 Å². The number of carbonyl (C=O) groups is 1. The summed E-state index contributed by atoms with van der Waals surface area (Å²) in [6.45, 7) is 4.16. The van der Waals surface area contributed by atoms with E-state index in [9.17, 15) is 10.1 Å². The molecule has 0 aromatic heterocycles. The maximum absolute atomic E-state index is 12.6. The van der Waals surface area contributed by atoms with Crippen LogP contribution in [0.15, 0.2) is 62.9 Å². The van der Waals surface area contributed by atoms with Crippen molar-refractivity contribution >= 4 is 62.1 Å². The summed E-state index contributed by atoms with van der Waals surface area (Å²) in [6, 6.07) is 16.7. The lowest BCUT2D eigenvalue weighted by molar-refractivity contribution is -0.115. The lowest BCUT2D eigenvalue weighted by atomic mass is 10.1. The fourth-order valence-corrected chi connectivity index (χ4v) is 4.95. The molecule has 1 fully saturated rings. The Hall–Kier alpha value is -3.25. The number of hydrogen-bond acceptors (Lipinski definition) is 6. The number of nitriles is 1. The van der Waals surface area contributed by atoms with Gasteiger partial charge >= 0.3 is 0 Å². The first-order valence-corrected chi connectivity index (χ1v) is 12.8. The second kappa shape index (κ2) is 11.2. The van der Waals surface area contributed by atoms with Crippen molar-refractivity contribution in [3.05, 3.63) is 90.7 Å². The smallest absolute Gasteiger partial charge is 0.264 e. The highest BCUT2D eigenvalue weighted by atomic mass is 79.9.